The van der Waals surface area contributed by atoms with Crippen LogP contribution in [-0.2, 0) is 14.3 Å². The zero-order chi connectivity index (χ0) is 49.4. The first-order valence-electron chi connectivity index (χ1n) is 29.9. The molecule has 7 unspecified atom stereocenters. The number of aliphatic hydroxyl groups excluding tert-OH is 5. The summed E-state index contributed by atoms with van der Waals surface area (Å²) in [5, 5.41) is 54.4. The van der Waals surface area contributed by atoms with E-state index in [9.17, 15) is 30.3 Å². The Morgan fingerprint density at radius 2 is 0.809 bits per heavy atom. The van der Waals surface area contributed by atoms with E-state index in [-0.39, 0.29) is 12.5 Å². The molecule has 0 bridgehead atoms. The molecule has 0 spiro atoms. The van der Waals surface area contributed by atoms with Crippen LogP contribution in [0.25, 0.3) is 0 Å². The Labute approximate surface area is 420 Å². The predicted octanol–water partition coefficient (Wildman–Crippen LogP) is 14.8. The molecule has 9 nitrogen and oxygen atoms in total. The highest BCUT2D eigenvalue weighted by atomic mass is 16.7. The zero-order valence-corrected chi connectivity index (χ0v) is 44.9. The molecule has 0 saturated carbocycles. The number of hydrogen-bond donors (Lipinski definition) is 6. The molecule has 6 N–H and O–H groups in total. The Kier molecular flexibility index (Phi) is 47.3. The van der Waals surface area contributed by atoms with E-state index in [1.165, 1.54) is 244 Å². The average Bonchev–Trinajstić information content (AvgIpc) is 3.34. The molecule has 404 valence electrons. The highest BCUT2D eigenvalue weighted by molar-refractivity contribution is 5.76. The number of carbonyl (C=O) groups is 1. The minimum absolute atomic E-state index is 0.171. The van der Waals surface area contributed by atoms with Gasteiger partial charge >= 0.3 is 0 Å². The minimum atomic E-state index is -1.56. The van der Waals surface area contributed by atoms with Gasteiger partial charge in [0.2, 0.25) is 5.91 Å². The van der Waals surface area contributed by atoms with E-state index in [4.69, 9.17) is 9.47 Å². The maximum atomic E-state index is 13.0. The molecule has 7 atom stereocenters. The van der Waals surface area contributed by atoms with E-state index < -0.39 is 49.5 Å². The number of amides is 1. The van der Waals surface area contributed by atoms with Gasteiger partial charge in [-0.15, -0.1) is 0 Å². The number of allylic oxidation sites excluding steroid dienone is 1. The Balaban J connectivity index is 2.07. The first-order chi connectivity index (χ1) is 33.3. The fourth-order valence-corrected chi connectivity index (χ4v) is 9.87. The van der Waals surface area contributed by atoms with E-state index >= 15 is 0 Å². The lowest BCUT2D eigenvalue weighted by atomic mass is 9.99. The summed E-state index contributed by atoms with van der Waals surface area (Å²) in [5.41, 5.74) is 0. The van der Waals surface area contributed by atoms with Gasteiger partial charge in [-0.05, 0) is 19.3 Å². The topological polar surface area (TPSA) is 149 Å². The lowest BCUT2D eigenvalue weighted by Gasteiger charge is -2.40. The Morgan fingerprint density at radius 3 is 1.15 bits per heavy atom. The van der Waals surface area contributed by atoms with Crippen molar-refractivity contribution in [2.75, 3.05) is 13.2 Å². The van der Waals surface area contributed by atoms with Crippen molar-refractivity contribution < 1.29 is 39.8 Å². The van der Waals surface area contributed by atoms with Gasteiger partial charge in [-0.1, -0.05) is 289 Å². The molecule has 1 amide bonds. The summed E-state index contributed by atoms with van der Waals surface area (Å²) in [5.74, 6) is -0.171. The lowest BCUT2D eigenvalue weighted by Crippen LogP contribution is -2.60. The molecule has 1 saturated heterocycles. The highest BCUT2D eigenvalue weighted by Crippen LogP contribution is 2.23. The number of ether oxygens (including phenoxy) is 2. The molecule has 0 aromatic heterocycles. The first-order valence-corrected chi connectivity index (χ1v) is 29.9. The number of hydrogen-bond acceptors (Lipinski definition) is 8. The summed E-state index contributed by atoms with van der Waals surface area (Å²) in [6.45, 7) is 3.80. The van der Waals surface area contributed by atoms with Crippen LogP contribution >= 0.6 is 0 Å². The summed E-state index contributed by atoms with van der Waals surface area (Å²) in [4.78, 5) is 13.0. The van der Waals surface area contributed by atoms with Gasteiger partial charge < -0.3 is 40.3 Å². The lowest BCUT2D eigenvalue weighted by molar-refractivity contribution is -0.302. The Bertz CT molecular complexity index is 1080. The van der Waals surface area contributed by atoms with Crippen LogP contribution in [0.5, 0.6) is 0 Å². The molecule has 68 heavy (non-hydrogen) atoms. The van der Waals surface area contributed by atoms with Crippen molar-refractivity contribution in [2.24, 2.45) is 0 Å². The molecule has 0 aromatic rings. The van der Waals surface area contributed by atoms with Gasteiger partial charge in [-0.3, -0.25) is 4.79 Å². The van der Waals surface area contributed by atoms with Crippen LogP contribution in [0.4, 0.5) is 0 Å². The number of aliphatic hydroxyl groups is 5. The van der Waals surface area contributed by atoms with Crippen LogP contribution in [0.2, 0.25) is 0 Å². The van der Waals surface area contributed by atoms with Crippen LogP contribution in [-0.4, -0.2) is 87.5 Å². The molecule has 0 aliphatic carbocycles. The Hall–Kier alpha value is -1.07. The molecular formula is C59H115NO8. The molecule has 1 aliphatic heterocycles. The van der Waals surface area contributed by atoms with Crippen LogP contribution < -0.4 is 5.32 Å². The van der Waals surface area contributed by atoms with Gasteiger partial charge in [-0.25, -0.2) is 0 Å². The van der Waals surface area contributed by atoms with E-state index in [2.05, 4.69) is 19.2 Å². The SMILES string of the molecule is CCCCCCCCCCCC/C=C/C(O)C(COC1OC(CO)C(O)C(O)C1O)NC(=O)CCCCCCCCCCCCCCCCCCCCCCCCCCCCCCCCCCC. The first kappa shape index (κ1) is 64.9. The molecular weight excluding hydrogens is 851 g/mol. The monoisotopic (exact) mass is 966 g/mol. The van der Waals surface area contributed by atoms with Gasteiger partial charge in [0, 0.05) is 6.42 Å². The van der Waals surface area contributed by atoms with E-state index in [0.29, 0.717) is 6.42 Å². The smallest absolute Gasteiger partial charge is 0.220 e. The summed E-state index contributed by atoms with van der Waals surface area (Å²) < 4.78 is 11.2. The predicted molar refractivity (Wildman–Crippen MR) is 286 cm³/mol. The summed E-state index contributed by atoms with van der Waals surface area (Å²) >= 11 is 0. The molecule has 1 rings (SSSR count). The number of unbranched alkanes of at least 4 members (excludes halogenated alkanes) is 42. The summed E-state index contributed by atoms with van der Waals surface area (Å²) in [6, 6.07) is -0.799. The highest BCUT2D eigenvalue weighted by Gasteiger charge is 2.44. The van der Waals surface area contributed by atoms with Crippen molar-refractivity contribution in [3.8, 4) is 0 Å². The maximum Gasteiger partial charge on any atom is 0.220 e. The van der Waals surface area contributed by atoms with Gasteiger partial charge in [-0.2, -0.15) is 0 Å². The van der Waals surface area contributed by atoms with Gasteiger partial charge in [0.15, 0.2) is 6.29 Å². The third-order valence-electron chi connectivity index (χ3n) is 14.6. The quantitative estimate of drug-likeness (QED) is 0.0261. The molecule has 1 fully saturated rings. The second kappa shape index (κ2) is 49.5. The van der Waals surface area contributed by atoms with Crippen LogP contribution in [0.15, 0.2) is 12.2 Å². The third kappa shape index (κ3) is 38.6. The fraction of sp³-hybridized carbons (Fsp3) is 0.949. The maximum absolute atomic E-state index is 13.0. The van der Waals surface area contributed by atoms with Crippen LogP contribution in [0.3, 0.4) is 0 Å². The van der Waals surface area contributed by atoms with Crippen molar-refractivity contribution in [2.45, 2.75) is 346 Å². The third-order valence-corrected chi connectivity index (χ3v) is 14.6. The zero-order valence-electron chi connectivity index (χ0n) is 44.9. The van der Waals surface area contributed by atoms with Crippen LogP contribution in [0, 0.1) is 0 Å². The van der Waals surface area contributed by atoms with Crippen molar-refractivity contribution >= 4 is 5.91 Å². The minimum Gasteiger partial charge on any atom is -0.394 e. The number of rotatable bonds is 52. The Morgan fingerprint density at radius 1 is 0.485 bits per heavy atom. The van der Waals surface area contributed by atoms with E-state index in [1.54, 1.807) is 6.08 Å². The van der Waals surface area contributed by atoms with Crippen molar-refractivity contribution in [1.29, 1.82) is 0 Å². The fourth-order valence-electron chi connectivity index (χ4n) is 9.87. The summed E-state index contributed by atoms with van der Waals surface area (Å²) in [7, 11) is 0. The van der Waals surface area contributed by atoms with E-state index in [0.717, 1.165) is 38.5 Å². The molecule has 0 aromatic carbocycles. The van der Waals surface area contributed by atoms with Gasteiger partial charge in [0.25, 0.3) is 0 Å². The van der Waals surface area contributed by atoms with E-state index in [1.807, 2.05) is 6.08 Å². The normalized spacial score (nSPS) is 19.5. The molecule has 9 heteroatoms. The average molecular weight is 967 g/mol. The van der Waals surface area contributed by atoms with Crippen molar-refractivity contribution in [1.82, 2.24) is 5.32 Å². The van der Waals surface area contributed by atoms with Crippen molar-refractivity contribution in [3.05, 3.63) is 12.2 Å². The second-order valence-electron chi connectivity index (χ2n) is 21.2. The van der Waals surface area contributed by atoms with Crippen LogP contribution in [0.1, 0.15) is 303 Å². The molecule has 1 aliphatic rings. The number of carbonyl (C=O) groups excluding carboxylic acids is 1. The molecule has 0 radical (unpaired) electrons. The summed E-state index contributed by atoms with van der Waals surface area (Å²) in [6.07, 6.45) is 54.5. The standard InChI is InChI=1S/C59H115NO8/c1-3-5-7-9-11-13-15-17-18-19-20-21-22-23-24-25-26-27-28-29-30-31-32-33-34-35-36-37-39-41-43-45-47-49-55(63)60-52(51-67-59-58(66)57(65)56(64)54(50-61)68-59)53(62)48-46-44-42-40-38-16-14-12-10-8-6-4-2/h46,48,52-54,56-59,61-62,64-66H,3-45,47,49-51H2,1-2H3,(H,60,63)/b48-46+. The number of nitrogens with one attached hydrogen (secondary N) is 1. The van der Waals surface area contributed by atoms with Gasteiger partial charge in [0.05, 0.1) is 25.4 Å². The van der Waals surface area contributed by atoms with Crippen molar-refractivity contribution in [3.63, 3.8) is 0 Å². The largest absolute Gasteiger partial charge is 0.394 e. The molecule has 1 heterocycles. The van der Waals surface area contributed by atoms with Gasteiger partial charge in [0.1, 0.15) is 24.4 Å². The second-order valence-corrected chi connectivity index (χ2v) is 21.2.